The summed E-state index contributed by atoms with van der Waals surface area (Å²) in [5.74, 6) is 0.860. The number of methoxy groups -OCH3 is 1. The van der Waals surface area contributed by atoms with Gasteiger partial charge in [-0.1, -0.05) is 11.6 Å². The van der Waals surface area contributed by atoms with Crippen molar-refractivity contribution >= 4 is 5.78 Å². The molecule has 0 bridgehead atoms. The molecule has 17 heavy (non-hydrogen) atoms. The van der Waals surface area contributed by atoms with Crippen LogP contribution < -0.4 is 4.74 Å². The lowest BCUT2D eigenvalue weighted by Gasteiger charge is -2.34. The summed E-state index contributed by atoms with van der Waals surface area (Å²) >= 11 is 0. The van der Waals surface area contributed by atoms with Crippen molar-refractivity contribution in [3.05, 3.63) is 29.3 Å². The van der Waals surface area contributed by atoms with Crippen LogP contribution in [0.15, 0.2) is 18.2 Å². The van der Waals surface area contributed by atoms with E-state index in [2.05, 4.69) is 0 Å². The molecule has 0 aliphatic carbocycles. The zero-order chi connectivity index (χ0) is 12.5. The molecular weight excluding hydrogens is 216 g/mol. The van der Waals surface area contributed by atoms with Crippen LogP contribution >= 0.6 is 0 Å². The lowest BCUT2D eigenvalue weighted by molar-refractivity contribution is 0.0290. The van der Waals surface area contributed by atoms with E-state index in [1.807, 2.05) is 32.0 Å². The molecule has 92 valence electrons. The van der Waals surface area contributed by atoms with E-state index in [1.165, 1.54) is 0 Å². The van der Waals surface area contributed by atoms with Gasteiger partial charge in [0, 0.05) is 20.1 Å². The van der Waals surface area contributed by atoms with Gasteiger partial charge in [0.15, 0.2) is 5.78 Å². The Hall–Kier alpha value is -1.35. The molecule has 1 unspecified atom stereocenters. The number of Topliss-reactive ketones (excluding diaryl/α,β-unsaturated/α-hetero) is 1. The summed E-state index contributed by atoms with van der Waals surface area (Å²) in [6.07, 6.45) is 1.15. The number of benzene rings is 1. The van der Waals surface area contributed by atoms with Crippen molar-refractivity contribution in [2.75, 3.05) is 13.7 Å². The van der Waals surface area contributed by atoms with Crippen LogP contribution in [0.25, 0.3) is 0 Å². The number of carbonyl (C=O) groups excluding carboxylic acids is 1. The standard InChI is InChI=1S/C14H18O3/c1-10-4-5-13-11(8-10)12(15)9-14(2,17-13)6-7-16-3/h4-5,8H,6-7,9H2,1-3H3. The molecule has 0 spiro atoms. The number of ketones is 1. The van der Waals surface area contributed by atoms with Gasteiger partial charge in [-0.3, -0.25) is 4.79 Å². The van der Waals surface area contributed by atoms with Gasteiger partial charge in [0.1, 0.15) is 11.4 Å². The van der Waals surface area contributed by atoms with Crippen LogP contribution in [0.2, 0.25) is 0 Å². The van der Waals surface area contributed by atoms with Crippen LogP contribution in [0, 0.1) is 6.92 Å². The number of fused-ring (bicyclic) bond motifs is 1. The number of hydrogen-bond donors (Lipinski definition) is 0. The molecule has 1 atom stereocenters. The Morgan fingerprint density at radius 3 is 2.94 bits per heavy atom. The highest BCUT2D eigenvalue weighted by molar-refractivity contribution is 6.00. The second kappa shape index (κ2) is 4.49. The molecule has 0 radical (unpaired) electrons. The van der Waals surface area contributed by atoms with Gasteiger partial charge in [-0.15, -0.1) is 0 Å². The zero-order valence-electron chi connectivity index (χ0n) is 10.6. The van der Waals surface area contributed by atoms with Gasteiger partial charge in [0.05, 0.1) is 12.0 Å². The van der Waals surface area contributed by atoms with Crippen molar-refractivity contribution in [1.82, 2.24) is 0 Å². The number of aryl methyl sites for hydroxylation is 1. The molecule has 2 rings (SSSR count). The highest BCUT2D eigenvalue weighted by atomic mass is 16.5. The summed E-state index contributed by atoms with van der Waals surface area (Å²) in [6, 6.07) is 5.74. The van der Waals surface area contributed by atoms with E-state index in [0.29, 0.717) is 24.3 Å². The van der Waals surface area contributed by atoms with Gasteiger partial charge in [0.2, 0.25) is 0 Å². The van der Waals surface area contributed by atoms with Gasteiger partial charge in [-0.2, -0.15) is 0 Å². The molecule has 3 heteroatoms. The summed E-state index contributed by atoms with van der Waals surface area (Å²) in [7, 11) is 1.66. The fourth-order valence-electron chi connectivity index (χ4n) is 2.14. The molecule has 0 amide bonds. The van der Waals surface area contributed by atoms with Crippen LogP contribution in [0.3, 0.4) is 0 Å². The van der Waals surface area contributed by atoms with Gasteiger partial charge < -0.3 is 9.47 Å². The Bertz CT molecular complexity index is 439. The molecule has 0 saturated carbocycles. The van der Waals surface area contributed by atoms with Crippen molar-refractivity contribution < 1.29 is 14.3 Å². The quantitative estimate of drug-likeness (QED) is 0.806. The smallest absolute Gasteiger partial charge is 0.170 e. The Balaban J connectivity index is 2.27. The molecule has 1 aliphatic rings. The summed E-state index contributed by atoms with van der Waals surface area (Å²) < 4.78 is 11.0. The monoisotopic (exact) mass is 234 g/mol. The normalized spacial score (nSPS) is 23.1. The predicted molar refractivity (Wildman–Crippen MR) is 65.7 cm³/mol. The summed E-state index contributed by atoms with van der Waals surface area (Å²) in [5, 5.41) is 0. The van der Waals surface area contributed by atoms with Gasteiger partial charge >= 0.3 is 0 Å². The predicted octanol–water partition coefficient (Wildman–Crippen LogP) is 2.76. The number of carbonyl (C=O) groups is 1. The molecular formula is C14H18O3. The third kappa shape index (κ3) is 2.50. The summed E-state index contributed by atoms with van der Waals surface area (Å²) in [4.78, 5) is 12.1. The highest BCUT2D eigenvalue weighted by Gasteiger charge is 2.36. The molecule has 1 heterocycles. The second-order valence-electron chi connectivity index (χ2n) is 4.89. The van der Waals surface area contributed by atoms with Crippen LogP contribution in [-0.2, 0) is 4.74 Å². The van der Waals surface area contributed by atoms with Gasteiger partial charge in [-0.25, -0.2) is 0 Å². The van der Waals surface area contributed by atoms with Crippen LogP contribution in [0.1, 0.15) is 35.7 Å². The lowest BCUT2D eigenvalue weighted by atomic mass is 9.88. The number of hydrogen-bond acceptors (Lipinski definition) is 3. The first-order valence-corrected chi connectivity index (χ1v) is 5.86. The fourth-order valence-corrected chi connectivity index (χ4v) is 2.14. The largest absolute Gasteiger partial charge is 0.486 e. The molecule has 1 aliphatic heterocycles. The second-order valence-corrected chi connectivity index (χ2v) is 4.89. The molecule has 1 aromatic carbocycles. The maximum absolute atomic E-state index is 12.1. The van der Waals surface area contributed by atoms with Gasteiger partial charge in [0.25, 0.3) is 0 Å². The zero-order valence-corrected chi connectivity index (χ0v) is 10.6. The van der Waals surface area contributed by atoms with Crippen molar-refractivity contribution in [2.24, 2.45) is 0 Å². The summed E-state index contributed by atoms with van der Waals surface area (Å²) in [6.45, 7) is 4.55. The molecule has 1 aromatic rings. The minimum Gasteiger partial charge on any atom is -0.486 e. The maximum atomic E-state index is 12.1. The van der Waals surface area contributed by atoms with E-state index in [1.54, 1.807) is 7.11 Å². The van der Waals surface area contributed by atoms with E-state index < -0.39 is 5.60 Å². The molecule has 0 saturated heterocycles. The average molecular weight is 234 g/mol. The Morgan fingerprint density at radius 2 is 2.24 bits per heavy atom. The van der Waals surface area contributed by atoms with Gasteiger partial charge in [-0.05, 0) is 26.0 Å². The first-order valence-electron chi connectivity index (χ1n) is 5.86. The van der Waals surface area contributed by atoms with Crippen molar-refractivity contribution in [2.45, 2.75) is 32.3 Å². The average Bonchev–Trinajstić information content (AvgIpc) is 2.28. The molecule has 0 fully saturated rings. The van der Waals surface area contributed by atoms with E-state index in [-0.39, 0.29) is 5.78 Å². The Morgan fingerprint density at radius 1 is 1.47 bits per heavy atom. The topological polar surface area (TPSA) is 35.5 Å². The third-order valence-electron chi connectivity index (χ3n) is 3.16. The maximum Gasteiger partial charge on any atom is 0.170 e. The lowest BCUT2D eigenvalue weighted by Crippen LogP contribution is -2.40. The SMILES string of the molecule is COCCC1(C)CC(=O)c2cc(C)ccc2O1. The van der Waals surface area contributed by atoms with Crippen LogP contribution in [0.5, 0.6) is 5.75 Å². The Labute approximate surface area is 102 Å². The summed E-state index contributed by atoms with van der Waals surface area (Å²) in [5.41, 5.74) is 1.36. The van der Waals surface area contributed by atoms with Crippen molar-refractivity contribution in [3.63, 3.8) is 0 Å². The molecule has 0 aromatic heterocycles. The van der Waals surface area contributed by atoms with Crippen molar-refractivity contribution in [1.29, 1.82) is 0 Å². The molecule has 0 N–H and O–H groups in total. The minimum atomic E-state index is -0.435. The minimum absolute atomic E-state index is 0.161. The molecule has 3 nitrogen and oxygen atoms in total. The van der Waals surface area contributed by atoms with Crippen LogP contribution in [0.4, 0.5) is 0 Å². The van der Waals surface area contributed by atoms with Crippen molar-refractivity contribution in [3.8, 4) is 5.75 Å². The van der Waals surface area contributed by atoms with E-state index in [9.17, 15) is 4.79 Å². The Kier molecular flexibility index (Phi) is 3.20. The third-order valence-corrected chi connectivity index (χ3v) is 3.16. The first-order chi connectivity index (χ1) is 8.04. The van der Waals surface area contributed by atoms with E-state index >= 15 is 0 Å². The highest BCUT2D eigenvalue weighted by Crippen LogP contribution is 2.35. The first kappa shape index (κ1) is 12.1. The number of ether oxygens (including phenoxy) is 2. The van der Waals surface area contributed by atoms with Crippen LogP contribution in [-0.4, -0.2) is 25.1 Å². The fraction of sp³-hybridized carbons (Fsp3) is 0.500. The van der Waals surface area contributed by atoms with E-state index in [4.69, 9.17) is 9.47 Å². The number of rotatable bonds is 3. The van der Waals surface area contributed by atoms with E-state index in [0.717, 1.165) is 12.0 Å².